The third kappa shape index (κ3) is 3.23. The van der Waals surface area contributed by atoms with Crippen molar-refractivity contribution in [3.05, 3.63) is 95.3 Å². The Labute approximate surface area is 167 Å². The molecule has 5 rings (SSSR count). The van der Waals surface area contributed by atoms with E-state index in [1.165, 1.54) is 29.3 Å². The molecule has 0 fully saturated rings. The van der Waals surface area contributed by atoms with E-state index >= 15 is 0 Å². The average Bonchev–Trinajstić information content (AvgIpc) is 3.41. The predicted molar refractivity (Wildman–Crippen MR) is 105 cm³/mol. The third-order valence-electron chi connectivity index (χ3n) is 5.10. The molecule has 1 amide bonds. The molecule has 6 heteroatoms. The van der Waals surface area contributed by atoms with E-state index in [-0.39, 0.29) is 24.6 Å². The molecule has 2 aliphatic heterocycles. The third-order valence-corrected chi connectivity index (χ3v) is 5.10. The van der Waals surface area contributed by atoms with Gasteiger partial charge in [0.25, 0.3) is 5.91 Å². The van der Waals surface area contributed by atoms with E-state index in [0.717, 1.165) is 16.8 Å². The quantitative estimate of drug-likeness (QED) is 0.662. The summed E-state index contributed by atoms with van der Waals surface area (Å²) in [5.41, 5.74) is 3.07. The highest BCUT2D eigenvalue weighted by Gasteiger charge is 2.34. The van der Waals surface area contributed by atoms with E-state index in [0.29, 0.717) is 23.5 Å². The van der Waals surface area contributed by atoms with Gasteiger partial charge >= 0.3 is 0 Å². The highest BCUT2D eigenvalue weighted by atomic mass is 19.1. The Morgan fingerprint density at radius 1 is 0.966 bits per heavy atom. The lowest BCUT2D eigenvalue weighted by atomic mass is 9.97. The second-order valence-electron chi connectivity index (χ2n) is 6.90. The number of benzene rings is 3. The Balaban J connectivity index is 1.53. The van der Waals surface area contributed by atoms with E-state index < -0.39 is 0 Å². The van der Waals surface area contributed by atoms with Crippen LogP contribution in [0.5, 0.6) is 11.5 Å². The first-order chi connectivity index (χ1) is 14.2. The molecule has 0 aromatic heterocycles. The molecule has 0 spiro atoms. The number of ether oxygens (including phenoxy) is 2. The number of hydrogen-bond acceptors (Lipinski definition) is 4. The summed E-state index contributed by atoms with van der Waals surface area (Å²) in [6.45, 7) is 0.188. The van der Waals surface area contributed by atoms with Gasteiger partial charge in [-0.15, -0.1) is 0 Å². The largest absolute Gasteiger partial charge is 0.454 e. The number of hydrazone groups is 1. The Kier molecular flexibility index (Phi) is 4.24. The maximum Gasteiger partial charge on any atom is 0.274 e. The highest BCUT2D eigenvalue weighted by molar-refractivity contribution is 6.05. The molecule has 3 aromatic carbocycles. The Morgan fingerprint density at radius 2 is 1.72 bits per heavy atom. The van der Waals surface area contributed by atoms with E-state index in [4.69, 9.17) is 9.47 Å². The van der Waals surface area contributed by atoms with Gasteiger partial charge in [0.15, 0.2) is 11.5 Å². The summed E-state index contributed by atoms with van der Waals surface area (Å²) in [5, 5.41) is 6.12. The fourth-order valence-corrected chi connectivity index (χ4v) is 3.61. The normalized spacial score (nSPS) is 17.3. The molecule has 3 aromatic rings. The predicted octanol–water partition coefficient (Wildman–Crippen LogP) is 4.55. The molecule has 2 heterocycles. The molecule has 0 N–H and O–H groups in total. The van der Waals surface area contributed by atoms with Crippen molar-refractivity contribution in [3.8, 4) is 11.5 Å². The second-order valence-corrected chi connectivity index (χ2v) is 6.90. The molecule has 0 saturated carbocycles. The van der Waals surface area contributed by atoms with Crippen molar-refractivity contribution in [1.82, 2.24) is 5.01 Å². The molecule has 29 heavy (non-hydrogen) atoms. The van der Waals surface area contributed by atoms with Gasteiger partial charge in [-0.1, -0.05) is 36.4 Å². The number of carbonyl (C=O) groups excluding carboxylic acids is 1. The zero-order valence-electron chi connectivity index (χ0n) is 15.4. The van der Waals surface area contributed by atoms with Crippen molar-refractivity contribution >= 4 is 11.6 Å². The molecule has 0 unspecified atom stereocenters. The summed E-state index contributed by atoms with van der Waals surface area (Å²) in [5.74, 6) is 0.680. The van der Waals surface area contributed by atoms with Crippen molar-refractivity contribution in [1.29, 1.82) is 0 Å². The Bertz CT molecular complexity index is 1100. The molecular weight excluding hydrogens is 371 g/mol. The van der Waals surface area contributed by atoms with E-state index in [2.05, 4.69) is 5.10 Å². The lowest BCUT2D eigenvalue weighted by molar-refractivity contribution is 0.0711. The minimum absolute atomic E-state index is 0.188. The second kappa shape index (κ2) is 7.05. The first-order valence-electron chi connectivity index (χ1n) is 9.30. The van der Waals surface area contributed by atoms with Crippen LogP contribution in [-0.4, -0.2) is 23.4 Å². The zero-order chi connectivity index (χ0) is 19.8. The van der Waals surface area contributed by atoms with Crippen molar-refractivity contribution in [3.63, 3.8) is 0 Å². The van der Waals surface area contributed by atoms with Crippen molar-refractivity contribution in [2.75, 3.05) is 6.79 Å². The molecule has 0 saturated heterocycles. The number of halogens is 1. The average molecular weight is 388 g/mol. The number of nitrogens with zero attached hydrogens (tertiary/aromatic N) is 2. The van der Waals surface area contributed by atoms with Gasteiger partial charge in [0.1, 0.15) is 5.82 Å². The van der Waals surface area contributed by atoms with Crippen LogP contribution in [0.25, 0.3) is 0 Å². The van der Waals surface area contributed by atoms with Crippen LogP contribution >= 0.6 is 0 Å². The summed E-state index contributed by atoms with van der Waals surface area (Å²) in [4.78, 5) is 13.2. The molecule has 0 radical (unpaired) electrons. The molecule has 5 nitrogen and oxygen atoms in total. The maximum absolute atomic E-state index is 13.3. The van der Waals surface area contributed by atoms with Gasteiger partial charge in [0.2, 0.25) is 6.79 Å². The lowest BCUT2D eigenvalue weighted by Gasteiger charge is -2.22. The van der Waals surface area contributed by atoms with Crippen molar-refractivity contribution in [2.45, 2.75) is 12.5 Å². The number of fused-ring (bicyclic) bond motifs is 1. The van der Waals surface area contributed by atoms with E-state index in [9.17, 15) is 9.18 Å². The molecule has 0 bridgehead atoms. The minimum Gasteiger partial charge on any atom is -0.454 e. The van der Waals surface area contributed by atoms with E-state index in [1.54, 1.807) is 0 Å². The van der Waals surface area contributed by atoms with Crippen LogP contribution in [0.2, 0.25) is 0 Å². The minimum atomic E-state index is -0.385. The Morgan fingerprint density at radius 3 is 2.52 bits per heavy atom. The SMILES string of the molecule is O=C(c1ccc(F)cc1)N1N=C(c2ccccc2)C[C@@H]1c1ccc2c(c1)OCO2. The van der Waals surface area contributed by atoms with E-state index in [1.807, 2.05) is 48.5 Å². The van der Waals surface area contributed by atoms with Gasteiger partial charge in [-0.05, 0) is 47.5 Å². The first-order valence-corrected chi connectivity index (χ1v) is 9.30. The van der Waals surface area contributed by atoms with Gasteiger partial charge in [-0.2, -0.15) is 5.10 Å². The summed E-state index contributed by atoms with van der Waals surface area (Å²) >= 11 is 0. The van der Waals surface area contributed by atoms with Gasteiger partial charge in [-0.3, -0.25) is 4.79 Å². The monoisotopic (exact) mass is 388 g/mol. The summed E-state index contributed by atoms with van der Waals surface area (Å²) in [6, 6.07) is 20.6. The van der Waals surface area contributed by atoms with Crippen molar-refractivity contribution in [2.24, 2.45) is 5.10 Å². The Hall–Kier alpha value is -3.67. The van der Waals surface area contributed by atoms with Crippen LogP contribution < -0.4 is 9.47 Å². The highest BCUT2D eigenvalue weighted by Crippen LogP contribution is 2.39. The topological polar surface area (TPSA) is 51.1 Å². The summed E-state index contributed by atoms with van der Waals surface area (Å²) in [7, 11) is 0. The molecular formula is C23H17FN2O3. The number of hydrogen-bond donors (Lipinski definition) is 0. The van der Waals surface area contributed by atoms with Crippen LogP contribution in [-0.2, 0) is 0 Å². The lowest BCUT2D eigenvalue weighted by Crippen LogP contribution is -2.27. The molecule has 0 aliphatic carbocycles. The zero-order valence-corrected chi connectivity index (χ0v) is 15.4. The fourth-order valence-electron chi connectivity index (χ4n) is 3.61. The number of rotatable bonds is 3. The summed E-state index contributed by atoms with van der Waals surface area (Å²) < 4.78 is 24.2. The first kappa shape index (κ1) is 17.4. The molecule has 1 atom stereocenters. The number of amides is 1. The fraction of sp³-hybridized carbons (Fsp3) is 0.130. The van der Waals surface area contributed by atoms with Gasteiger partial charge < -0.3 is 9.47 Å². The number of carbonyl (C=O) groups is 1. The smallest absolute Gasteiger partial charge is 0.274 e. The van der Waals surface area contributed by atoms with Gasteiger partial charge in [0.05, 0.1) is 11.8 Å². The summed E-state index contributed by atoms with van der Waals surface area (Å²) in [6.07, 6.45) is 0.566. The van der Waals surface area contributed by atoms with Gasteiger partial charge in [-0.25, -0.2) is 9.40 Å². The maximum atomic E-state index is 13.3. The molecule has 2 aliphatic rings. The van der Waals surface area contributed by atoms with Crippen LogP contribution in [0.15, 0.2) is 77.9 Å². The van der Waals surface area contributed by atoms with Crippen LogP contribution in [0, 0.1) is 5.82 Å². The van der Waals surface area contributed by atoms with Crippen LogP contribution in [0.1, 0.15) is 33.9 Å². The standard InChI is InChI=1S/C23H17FN2O3/c24-18-9-6-16(7-10-18)23(27)26-20(13-19(25-26)15-4-2-1-3-5-15)17-8-11-21-22(12-17)29-14-28-21/h1-12,20H,13-14H2/t20-/m1/s1. The van der Waals surface area contributed by atoms with Crippen LogP contribution in [0.3, 0.4) is 0 Å². The van der Waals surface area contributed by atoms with Gasteiger partial charge in [0, 0.05) is 12.0 Å². The van der Waals surface area contributed by atoms with Crippen molar-refractivity contribution < 1.29 is 18.7 Å². The van der Waals surface area contributed by atoms with Crippen LogP contribution in [0.4, 0.5) is 4.39 Å². The molecule has 144 valence electrons.